The average molecular weight is 257 g/mol. The molecule has 0 unspecified atom stereocenters. The molecule has 98 valence electrons. The van der Waals surface area contributed by atoms with Crippen molar-refractivity contribution in [2.45, 2.75) is 6.54 Å². The lowest BCUT2D eigenvalue weighted by atomic mass is 10.2. The lowest BCUT2D eigenvalue weighted by molar-refractivity contribution is 0.0951. The summed E-state index contributed by atoms with van der Waals surface area (Å²) < 4.78 is 5.19. The molecule has 0 bridgehead atoms. The van der Waals surface area contributed by atoms with Crippen LogP contribution in [0.3, 0.4) is 0 Å². The van der Waals surface area contributed by atoms with Gasteiger partial charge in [0.25, 0.3) is 5.91 Å². The first-order chi connectivity index (χ1) is 9.22. The number of nitrogens with two attached hydrogens (primary N) is 1. The van der Waals surface area contributed by atoms with E-state index in [9.17, 15) is 4.79 Å². The number of hydrogen-bond acceptors (Lipinski definition) is 4. The Kier molecular flexibility index (Phi) is 3.97. The molecule has 0 aliphatic heterocycles. The minimum Gasteiger partial charge on any atom is -0.496 e. The van der Waals surface area contributed by atoms with Crippen molar-refractivity contribution in [2.24, 2.45) is 0 Å². The van der Waals surface area contributed by atoms with Crippen molar-refractivity contribution in [3.63, 3.8) is 0 Å². The molecule has 3 N–H and O–H groups in total. The Bertz CT molecular complexity index is 570. The minimum absolute atomic E-state index is 0.161. The maximum absolute atomic E-state index is 11.9. The van der Waals surface area contributed by atoms with Gasteiger partial charge in [0.05, 0.1) is 19.2 Å². The molecule has 1 aromatic heterocycles. The van der Waals surface area contributed by atoms with Crippen molar-refractivity contribution >= 4 is 11.7 Å². The number of aromatic nitrogens is 1. The lowest BCUT2D eigenvalue weighted by Gasteiger charge is -2.11. The summed E-state index contributed by atoms with van der Waals surface area (Å²) in [6.07, 6.45) is 1.57. The molecule has 1 aromatic carbocycles. The first kappa shape index (κ1) is 12.9. The third-order valence-corrected chi connectivity index (χ3v) is 2.73. The fourth-order valence-electron chi connectivity index (χ4n) is 1.72. The van der Waals surface area contributed by atoms with Crippen molar-refractivity contribution in [1.82, 2.24) is 10.3 Å². The molecular formula is C14H15N3O2. The Morgan fingerprint density at radius 1 is 1.32 bits per heavy atom. The van der Waals surface area contributed by atoms with Crippen LogP contribution in [-0.2, 0) is 6.54 Å². The van der Waals surface area contributed by atoms with Crippen molar-refractivity contribution in [3.8, 4) is 5.75 Å². The summed E-state index contributed by atoms with van der Waals surface area (Å²) in [7, 11) is 1.55. The van der Waals surface area contributed by atoms with Crippen LogP contribution in [0.1, 0.15) is 15.9 Å². The minimum atomic E-state index is -0.161. The molecule has 2 aromatic rings. The van der Waals surface area contributed by atoms with E-state index in [0.717, 1.165) is 0 Å². The highest BCUT2D eigenvalue weighted by atomic mass is 16.5. The van der Waals surface area contributed by atoms with Crippen LogP contribution in [0.25, 0.3) is 0 Å². The van der Waals surface area contributed by atoms with Gasteiger partial charge in [-0.3, -0.25) is 4.79 Å². The van der Waals surface area contributed by atoms with E-state index < -0.39 is 0 Å². The van der Waals surface area contributed by atoms with Gasteiger partial charge in [0.2, 0.25) is 0 Å². The molecule has 0 saturated carbocycles. The highest BCUT2D eigenvalue weighted by Crippen LogP contribution is 2.21. The topological polar surface area (TPSA) is 77.2 Å². The van der Waals surface area contributed by atoms with Crippen LogP contribution in [0.4, 0.5) is 5.82 Å². The van der Waals surface area contributed by atoms with E-state index in [0.29, 0.717) is 22.7 Å². The highest BCUT2D eigenvalue weighted by molar-refractivity contribution is 5.94. The van der Waals surface area contributed by atoms with Gasteiger partial charge in [0.15, 0.2) is 0 Å². The number of hydrogen-bond donors (Lipinski definition) is 2. The van der Waals surface area contributed by atoms with Gasteiger partial charge in [-0.05, 0) is 18.2 Å². The fourth-order valence-corrected chi connectivity index (χ4v) is 1.72. The van der Waals surface area contributed by atoms with Gasteiger partial charge in [-0.1, -0.05) is 18.2 Å². The molecule has 2 rings (SSSR count). The average Bonchev–Trinajstić information content (AvgIpc) is 2.46. The Morgan fingerprint density at radius 3 is 2.74 bits per heavy atom. The quantitative estimate of drug-likeness (QED) is 0.872. The van der Waals surface area contributed by atoms with Crippen molar-refractivity contribution < 1.29 is 9.53 Å². The Hall–Kier alpha value is -2.56. The van der Waals surface area contributed by atoms with E-state index in [1.165, 1.54) is 0 Å². The fraction of sp³-hybridized carbons (Fsp3) is 0.143. The zero-order chi connectivity index (χ0) is 13.7. The molecule has 0 spiro atoms. The number of nitrogen functional groups attached to an aromatic ring is 1. The number of ether oxygens (including phenoxy) is 1. The summed E-state index contributed by atoms with van der Waals surface area (Å²) in [4.78, 5) is 15.9. The number of pyridine rings is 1. The predicted octanol–water partition coefficient (Wildman–Crippen LogP) is 1.60. The molecule has 0 aliphatic carbocycles. The third-order valence-electron chi connectivity index (χ3n) is 2.73. The Balaban J connectivity index is 2.09. The molecule has 1 amide bonds. The molecular weight excluding hydrogens is 242 g/mol. The molecule has 0 saturated heterocycles. The molecule has 5 heteroatoms. The van der Waals surface area contributed by atoms with Gasteiger partial charge < -0.3 is 15.8 Å². The van der Waals surface area contributed by atoms with Crippen LogP contribution >= 0.6 is 0 Å². The van der Waals surface area contributed by atoms with E-state index in [4.69, 9.17) is 10.5 Å². The molecule has 1 heterocycles. The second kappa shape index (κ2) is 5.86. The molecule has 0 radical (unpaired) electrons. The Labute approximate surface area is 111 Å². The van der Waals surface area contributed by atoms with Crippen LogP contribution in [0.2, 0.25) is 0 Å². The highest BCUT2D eigenvalue weighted by Gasteiger charge is 2.10. The zero-order valence-electron chi connectivity index (χ0n) is 10.6. The summed E-state index contributed by atoms with van der Waals surface area (Å²) in [5, 5.41) is 2.79. The maximum atomic E-state index is 11.9. The van der Waals surface area contributed by atoms with Gasteiger partial charge in [-0.2, -0.15) is 0 Å². The number of methoxy groups -OCH3 is 1. The lowest BCUT2D eigenvalue weighted by Crippen LogP contribution is -2.23. The summed E-state index contributed by atoms with van der Waals surface area (Å²) in [6.45, 7) is 0.274. The van der Waals surface area contributed by atoms with E-state index in [-0.39, 0.29) is 12.5 Å². The standard InChI is InChI=1S/C14H15N3O2/c1-19-12-7-8-16-13(15)11(12)9-17-14(18)10-5-3-2-4-6-10/h2-8H,9H2,1H3,(H2,15,16)(H,17,18). The van der Waals surface area contributed by atoms with Gasteiger partial charge >= 0.3 is 0 Å². The summed E-state index contributed by atoms with van der Waals surface area (Å²) in [6, 6.07) is 10.7. The number of carbonyl (C=O) groups is 1. The first-order valence-electron chi connectivity index (χ1n) is 5.83. The number of nitrogens with zero attached hydrogens (tertiary/aromatic N) is 1. The number of rotatable bonds is 4. The van der Waals surface area contributed by atoms with Crippen LogP contribution < -0.4 is 15.8 Å². The number of amides is 1. The van der Waals surface area contributed by atoms with Gasteiger partial charge in [-0.15, -0.1) is 0 Å². The van der Waals surface area contributed by atoms with Crippen molar-refractivity contribution in [3.05, 3.63) is 53.7 Å². The second-order valence-corrected chi connectivity index (χ2v) is 3.93. The normalized spacial score (nSPS) is 9.95. The van der Waals surface area contributed by atoms with Crippen LogP contribution in [0.5, 0.6) is 5.75 Å². The van der Waals surface area contributed by atoms with Crippen LogP contribution in [0, 0.1) is 0 Å². The SMILES string of the molecule is COc1ccnc(N)c1CNC(=O)c1ccccc1. The smallest absolute Gasteiger partial charge is 0.251 e. The zero-order valence-corrected chi connectivity index (χ0v) is 10.6. The van der Waals surface area contributed by atoms with Crippen molar-refractivity contribution in [2.75, 3.05) is 12.8 Å². The summed E-state index contributed by atoms with van der Waals surface area (Å²) >= 11 is 0. The van der Waals surface area contributed by atoms with Crippen molar-refractivity contribution in [1.29, 1.82) is 0 Å². The largest absolute Gasteiger partial charge is 0.496 e. The summed E-state index contributed by atoms with van der Waals surface area (Å²) in [5.74, 6) is 0.805. The predicted molar refractivity (Wildman–Crippen MR) is 72.8 cm³/mol. The number of nitrogens with one attached hydrogen (secondary N) is 1. The molecule has 19 heavy (non-hydrogen) atoms. The van der Waals surface area contributed by atoms with Crippen LogP contribution in [0.15, 0.2) is 42.6 Å². The monoisotopic (exact) mass is 257 g/mol. The van der Waals surface area contributed by atoms with Crippen LogP contribution in [-0.4, -0.2) is 18.0 Å². The summed E-state index contributed by atoms with van der Waals surface area (Å²) in [5.41, 5.74) is 7.06. The first-order valence-corrected chi connectivity index (χ1v) is 5.83. The van der Waals surface area contributed by atoms with Gasteiger partial charge in [0, 0.05) is 11.8 Å². The molecule has 0 fully saturated rings. The van der Waals surface area contributed by atoms with Gasteiger partial charge in [0.1, 0.15) is 11.6 Å². The molecule has 0 atom stereocenters. The Morgan fingerprint density at radius 2 is 2.05 bits per heavy atom. The number of benzene rings is 1. The maximum Gasteiger partial charge on any atom is 0.251 e. The van der Waals surface area contributed by atoms with E-state index in [1.54, 1.807) is 31.5 Å². The molecule has 5 nitrogen and oxygen atoms in total. The third kappa shape index (κ3) is 3.01. The number of anilines is 1. The second-order valence-electron chi connectivity index (χ2n) is 3.93. The number of carbonyl (C=O) groups excluding carboxylic acids is 1. The molecule has 0 aliphatic rings. The van der Waals surface area contributed by atoms with E-state index >= 15 is 0 Å². The van der Waals surface area contributed by atoms with Gasteiger partial charge in [-0.25, -0.2) is 4.98 Å². The van der Waals surface area contributed by atoms with E-state index in [2.05, 4.69) is 10.3 Å². The van der Waals surface area contributed by atoms with E-state index in [1.807, 2.05) is 18.2 Å².